The summed E-state index contributed by atoms with van der Waals surface area (Å²) in [6.45, 7) is 0. The smallest absolute Gasteiger partial charge is 0.311 e. The Bertz CT molecular complexity index is 1010. The molecule has 0 radical (unpaired) electrons. The van der Waals surface area contributed by atoms with Crippen molar-refractivity contribution in [2.75, 3.05) is 0 Å². The van der Waals surface area contributed by atoms with Gasteiger partial charge in [-0.3, -0.25) is 9.78 Å². The molecule has 2 aliphatic rings. The summed E-state index contributed by atoms with van der Waals surface area (Å²) in [6, 6.07) is 7.54. The third-order valence-electron chi connectivity index (χ3n) is 6.20. The number of hydrogen-bond donors (Lipinski definition) is 2. The molecule has 2 aromatic rings. The van der Waals surface area contributed by atoms with E-state index in [1.807, 2.05) is 24.3 Å². The van der Waals surface area contributed by atoms with Gasteiger partial charge in [0.05, 0.1) is 0 Å². The van der Waals surface area contributed by atoms with E-state index in [0.717, 1.165) is 43.4 Å². The van der Waals surface area contributed by atoms with Crippen molar-refractivity contribution in [2.24, 2.45) is 11.8 Å². The summed E-state index contributed by atoms with van der Waals surface area (Å²) < 4.78 is 0. The lowest BCUT2D eigenvalue weighted by Crippen LogP contribution is -2.31. The van der Waals surface area contributed by atoms with Crippen LogP contribution in [0, 0.1) is 11.8 Å². The average molecular weight is 397 g/mol. The first-order valence-electron chi connectivity index (χ1n) is 10.0. The van der Waals surface area contributed by atoms with E-state index in [4.69, 9.17) is 11.6 Å². The highest BCUT2D eigenvalue weighted by atomic mass is 35.5. The van der Waals surface area contributed by atoms with Crippen molar-refractivity contribution < 1.29 is 0 Å². The van der Waals surface area contributed by atoms with Gasteiger partial charge in [0.15, 0.2) is 0 Å². The molecule has 4 rings (SSSR count). The lowest BCUT2D eigenvalue weighted by Gasteiger charge is -2.33. The fourth-order valence-corrected chi connectivity index (χ4v) is 4.87. The molecule has 1 atom stereocenters. The molecule has 1 saturated carbocycles. The topological polar surface area (TPSA) is 65.7 Å². The molecule has 2 aliphatic carbocycles. The highest BCUT2D eigenvalue weighted by Gasteiger charge is 2.29. The van der Waals surface area contributed by atoms with Crippen LogP contribution in [0.4, 0.5) is 0 Å². The Balaban J connectivity index is 1.57. The van der Waals surface area contributed by atoms with E-state index in [9.17, 15) is 9.59 Å². The minimum Gasteiger partial charge on any atom is -0.311 e. The molecule has 1 heterocycles. The van der Waals surface area contributed by atoms with E-state index in [2.05, 4.69) is 34.3 Å². The van der Waals surface area contributed by atoms with Crippen molar-refractivity contribution in [3.05, 3.63) is 91.3 Å². The van der Waals surface area contributed by atoms with Crippen molar-refractivity contribution in [3.63, 3.8) is 0 Å². The molecular weight excluding hydrogens is 372 g/mol. The molecule has 146 valence electrons. The summed E-state index contributed by atoms with van der Waals surface area (Å²) in [5, 5.41) is 0.639. The van der Waals surface area contributed by atoms with E-state index >= 15 is 0 Å². The molecule has 1 aromatic carbocycles. The van der Waals surface area contributed by atoms with Crippen LogP contribution in [-0.2, 0) is 6.42 Å². The summed E-state index contributed by atoms with van der Waals surface area (Å²) in [5.74, 6) is 1.51. The highest BCUT2D eigenvalue weighted by molar-refractivity contribution is 6.31. The van der Waals surface area contributed by atoms with E-state index in [-0.39, 0.29) is 11.5 Å². The number of hydrogen-bond acceptors (Lipinski definition) is 2. The minimum absolute atomic E-state index is 0.215. The monoisotopic (exact) mass is 396 g/mol. The lowest BCUT2D eigenvalue weighted by molar-refractivity contribution is 0.262. The number of halogens is 1. The van der Waals surface area contributed by atoms with E-state index in [1.165, 1.54) is 0 Å². The molecule has 0 saturated heterocycles. The quantitative estimate of drug-likeness (QED) is 0.785. The largest absolute Gasteiger partial charge is 0.325 e. The molecule has 0 bridgehead atoms. The summed E-state index contributed by atoms with van der Waals surface area (Å²) in [7, 11) is 0. The molecule has 4 nitrogen and oxygen atoms in total. The van der Waals surface area contributed by atoms with Gasteiger partial charge in [-0.2, -0.15) is 0 Å². The van der Waals surface area contributed by atoms with Gasteiger partial charge in [-0.25, -0.2) is 4.79 Å². The van der Waals surface area contributed by atoms with Gasteiger partial charge in [0.25, 0.3) is 5.56 Å². The fourth-order valence-electron chi connectivity index (χ4n) is 4.67. The molecule has 0 spiro atoms. The van der Waals surface area contributed by atoms with E-state index in [1.54, 1.807) is 0 Å². The van der Waals surface area contributed by atoms with Gasteiger partial charge in [0.1, 0.15) is 0 Å². The second-order valence-corrected chi connectivity index (χ2v) is 8.30. The van der Waals surface area contributed by atoms with Gasteiger partial charge < -0.3 is 4.98 Å². The standard InChI is InChI=1S/C23H25ClN2O2/c24-20-9-5-4-8-18(20)14-19-21(25-23(28)26-22(19)27)17-12-10-16(11-13-17)15-6-2-1-3-7-15/h1-6,8-9,15-17H,7,10-14H2,(H2,25,26,27,28)/t15?,16-,17-. The zero-order chi connectivity index (χ0) is 19.5. The lowest BCUT2D eigenvalue weighted by atomic mass is 9.72. The third kappa shape index (κ3) is 4.07. The van der Waals surface area contributed by atoms with Crippen molar-refractivity contribution in [3.8, 4) is 0 Å². The molecule has 28 heavy (non-hydrogen) atoms. The van der Waals surface area contributed by atoms with Crippen LogP contribution in [0.1, 0.15) is 54.8 Å². The number of rotatable bonds is 4. The van der Waals surface area contributed by atoms with Crippen LogP contribution in [-0.4, -0.2) is 9.97 Å². The second-order valence-electron chi connectivity index (χ2n) is 7.89. The maximum atomic E-state index is 12.6. The van der Waals surface area contributed by atoms with Crippen molar-refractivity contribution >= 4 is 11.6 Å². The predicted molar refractivity (Wildman–Crippen MR) is 113 cm³/mol. The minimum atomic E-state index is -0.426. The average Bonchev–Trinajstić information content (AvgIpc) is 2.72. The van der Waals surface area contributed by atoms with Crippen molar-refractivity contribution in [1.82, 2.24) is 9.97 Å². The molecule has 1 fully saturated rings. The van der Waals surface area contributed by atoms with Crippen molar-refractivity contribution in [2.45, 2.75) is 44.4 Å². The summed E-state index contributed by atoms with van der Waals surface area (Å²) in [5.41, 5.74) is 1.60. The van der Waals surface area contributed by atoms with Gasteiger partial charge in [-0.15, -0.1) is 0 Å². The van der Waals surface area contributed by atoms with Crippen LogP contribution in [0.2, 0.25) is 5.02 Å². The molecule has 0 aliphatic heterocycles. The van der Waals surface area contributed by atoms with Gasteiger partial charge in [-0.05, 0) is 61.5 Å². The van der Waals surface area contributed by atoms with Crippen LogP contribution in [0.3, 0.4) is 0 Å². The predicted octanol–water partition coefficient (Wildman–Crippen LogP) is 4.71. The first-order valence-corrected chi connectivity index (χ1v) is 10.4. The SMILES string of the molecule is O=c1[nH]c(=O)c(Cc2ccccc2Cl)c([C@H]2CC[C@H](C3C=CC=CC3)CC2)[nH]1. The Morgan fingerprint density at radius 3 is 2.50 bits per heavy atom. The Labute approximate surface area is 169 Å². The van der Waals surface area contributed by atoms with Crippen LogP contribution in [0.15, 0.2) is 58.2 Å². The zero-order valence-corrected chi connectivity index (χ0v) is 16.5. The molecule has 2 N–H and O–H groups in total. The van der Waals surface area contributed by atoms with Gasteiger partial charge in [0.2, 0.25) is 0 Å². The number of nitrogens with one attached hydrogen (secondary N) is 2. The van der Waals surface area contributed by atoms with Crippen LogP contribution >= 0.6 is 11.6 Å². The van der Waals surface area contributed by atoms with Crippen LogP contribution in [0.5, 0.6) is 0 Å². The summed E-state index contributed by atoms with van der Waals surface area (Å²) >= 11 is 6.30. The van der Waals surface area contributed by atoms with E-state index in [0.29, 0.717) is 28.8 Å². The molecule has 1 aromatic heterocycles. The summed E-state index contributed by atoms with van der Waals surface area (Å²) in [6.07, 6.45) is 14.6. The molecule has 1 unspecified atom stereocenters. The third-order valence-corrected chi connectivity index (χ3v) is 6.57. The maximum absolute atomic E-state index is 12.6. The number of H-pyrrole nitrogens is 2. The molecular formula is C23H25ClN2O2. The Hall–Kier alpha value is -2.33. The Morgan fingerprint density at radius 1 is 1.00 bits per heavy atom. The molecule has 5 heteroatoms. The molecule has 0 amide bonds. The zero-order valence-electron chi connectivity index (χ0n) is 15.8. The summed E-state index contributed by atoms with van der Waals surface area (Å²) in [4.78, 5) is 29.9. The first-order chi connectivity index (χ1) is 13.6. The van der Waals surface area contributed by atoms with Crippen LogP contribution in [0.25, 0.3) is 0 Å². The Kier molecular flexibility index (Phi) is 5.67. The van der Waals surface area contributed by atoms with Gasteiger partial charge in [-0.1, -0.05) is 54.1 Å². The Morgan fingerprint density at radius 2 is 1.79 bits per heavy atom. The number of aromatic amines is 2. The first kappa shape index (κ1) is 19.0. The highest BCUT2D eigenvalue weighted by Crippen LogP contribution is 2.40. The number of allylic oxidation sites excluding steroid dienone is 4. The fraction of sp³-hybridized carbons (Fsp3) is 0.391. The number of benzene rings is 1. The van der Waals surface area contributed by atoms with Gasteiger partial charge >= 0.3 is 5.69 Å². The van der Waals surface area contributed by atoms with Crippen LogP contribution < -0.4 is 11.2 Å². The second kappa shape index (κ2) is 8.36. The number of aromatic nitrogens is 2. The van der Waals surface area contributed by atoms with Crippen molar-refractivity contribution in [1.29, 1.82) is 0 Å². The normalized spacial score (nSPS) is 24.4. The van der Waals surface area contributed by atoms with E-state index < -0.39 is 5.69 Å². The maximum Gasteiger partial charge on any atom is 0.325 e. The van der Waals surface area contributed by atoms with Gasteiger partial charge in [0, 0.05) is 22.7 Å².